The SMILES string of the molecule is CCCCCCCCCCCCCCCC/C=C/CC/C=C/CCCC(=O)O[C@H](COC(=O)CCCCCCCCCCCCCCCCCC)COP(=O)(O)OCCN. The predicted molar refractivity (Wildman–Crippen MR) is 252 cm³/mol. The lowest BCUT2D eigenvalue weighted by Crippen LogP contribution is -2.29. The minimum atomic E-state index is -4.39. The highest BCUT2D eigenvalue weighted by molar-refractivity contribution is 7.47. The summed E-state index contributed by atoms with van der Waals surface area (Å²) in [6, 6.07) is 0. The topological polar surface area (TPSA) is 134 Å². The molecule has 0 bridgehead atoms. The quantitative estimate of drug-likeness (QED) is 0.0265. The third-order valence-electron chi connectivity index (χ3n) is 11.1. The Morgan fingerprint density at radius 2 is 0.850 bits per heavy atom. The Labute approximate surface area is 370 Å². The molecule has 0 amide bonds. The smallest absolute Gasteiger partial charge is 0.462 e. The molecular formula is C50H96NO8P. The molecule has 0 fully saturated rings. The number of esters is 2. The summed E-state index contributed by atoms with van der Waals surface area (Å²) in [7, 11) is -4.39. The highest BCUT2D eigenvalue weighted by Crippen LogP contribution is 2.43. The van der Waals surface area contributed by atoms with E-state index in [1.165, 1.54) is 173 Å². The van der Waals surface area contributed by atoms with Crippen molar-refractivity contribution in [3.8, 4) is 0 Å². The van der Waals surface area contributed by atoms with E-state index in [1.54, 1.807) is 0 Å². The van der Waals surface area contributed by atoms with Gasteiger partial charge in [-0.3, -0.25) is 18.6 Å². The largest absolute Gasteiger partial charge is 0.472 e. The Balaban J connectivity index is 4.08. The summed E-state index contributed by atoms with van der Waals surface area (Å²) in [6.07, 6.45) is 52.3. The van der Waals surface area contributed by atoms with Crippen LogP contribution < -0.4 is 5.73 Å². The molecule has 0 heterocycles. The van der Waals surface area contributed by atoms with Gasteiger partial charge in [-0.15, -0.1) is 0 Å². The molecule has 0 rings (SSSR count). The maximum atomic E-state index is 12.6. The van der Waals surface area contributed by atoms with E-state index in [2.05, 4.69) is 38.2 Å². The number of ether oxygens (including phenoxy) is 2. The van der Waals surface area contributed by atoms with Gasteiger partial charge in [0.25, 0.3) is 0 Å². The molecule has 0 radical (unpaired) electrons. The van der Waals surface area contributed by atoms with Crippen LogP contribution in [0.3, 0.4) is 0 Å². The summed E-state index contributed by atoms with van der Waals surface area (Å²) in [4.78, 5) is 35.0. The first-order valence-corrected chi connectivity index (χ1v) is 26.8. The average Bonchev–Trinajstić information content (AvgIpc) is 3.24. The van der Waals surface area contributed by atoms with Crippen LogP contribution in [0.25, 0.3) is 0 Å². The molecule has 3 N–H and O–H groups in total. The van der Waals surface area contributed by atoms with Crippen molar-refractivity contribution in [3.05, 3.63) is 24.3 Å². The van der Waals surface area contributed by atoms with Crippen LogP contribution in [0.2, 0.25) is 0 Å². The zero-order valence-corrected chi connectivity index (χ0v) is 40.1. The van der Waals surface area contributed by atoms with E-state index in [-0.39, 0.29) is 38.6 Å². The standard InChI is InChI=1S/C50H96NO8P/c1-3-5-7-9-11-13-15-17-19-21-22-23-24-25-26-27-29-31-33-35-37-39-41-43-50(53)59-48(47-58-60(54,55)57-45-44-51)46-56-49(52)42-40-38-36-34-32-30-28-20-18-16-14-12-10-8-6-4-2/h27,29,35,37,48H,3-26,28,30-34,36,38-47,51H2,1-2H3,(H,54,55)/b29-27+,37-35+/t48-/m1/s1. The van der Waals surface area contributed by atoms with Gasteiger partial charge in [0.05, 0.1) is 13.2 Å². The Morgan fingerprint density at radius 1 is 0.483 bits per heavy atom. The van der Waals surface area contributed by atoms with Crippen molar-refractivity contribution in [1.29, 1.82) is 0 Å². The van der Waals surface area contributed by atoms with Crippen LogP contribution in [0.5, 0.6) is 0 Å². The van der Waals surface area contributed by atoms with E-state index < -0.39 is 26.5 Å². The predicted octanol–water partition coefficient (Wildman–Crippen LogP) is 15.1. The van der Waals surface area contributed by atoms with Gasteiger partial charge >= 0.3 is 19.8 Å². The molecule has 0 aromatic carbocycles. The minimum Gasteiger partial charge on any atom is -0.462 e. The molecule has 0 aliphatic rings. The second-order valence-electron chi connectivity index (χ2n) is 17.0. The van der Waals surface area contributed by atoms with E-state index in [4.69, 9.17) is 24.3 Å². The Bertz CT molecular complexity index is 1040. The molecule has 10 heteroatoms. The zero-order chi connectivity index (χ0) is 43.9. The van der Waals surface area contributed by atoms with Gasteiger partial charge in [0, 0.05) is 19.4 Å². The number of hydrogen-bond donors (Lipinski definition) is 2. The molecule has 60 heavy (non-hydrogen) atoms. The van der Waals surface area contributed by atoms with E-state index in [0.29, 0.717) is 6.42 Å². The first-order chi connectivity index (χ1) is 29.3. The first-order valence-electron chi connectivity index (χ1n) is 25.3. The Kier molecular flexibility index (Phi) is 45.8. The van der Waals surface area contributed by atoms with Crippen LogP contribution in [0, 0.1) is 0 Å². The third kappa shape index (κ3) is 46.0. The van der Waals surface area contributed by atoms with E-state index >= 15 is 0 Å². The number of hydrogen-bond acceptors (Lipinski definition) is 8. The Morgan fingerprint density at radius 3 is 1.28 bits per heavy atom. The molecule has 1 unspecified atom stereocenters. The van der Waals surface area contributed by atoms with Crippen molar-refractivity contribution >= 4 is 19.8 Å². The van der Waals surface area contributed by atoms with Gasteiger partial charge in [0.15, 0.2) is 6.10 Å². The first kappa shape index (κ1) is 58.5. The second kappa shape index (κ2) is 47.0. The van der Waals surface area contributed by atoms with Crippen LogP contribution in [0.4, 0.5) is 0 Å². The molecule has 354 valence electrons. The number of allylic oxidation sites excluding steroid dienone is 4. The van der Waals surface area contributed by atoms with Crippen molar-refractivity contribution in [2.45, 2.75) is 258 Å². The summed E-state index contributed by atoms with van der Waals surface area (Å²) >= 11 is 0. The fraction of sp³-hybridized carbons (Fsp3) is 0.880. The third-order valence-corrected chi connectivity index (χ3v) is 12.1. The summed E-state index contributed by atoms with van der Waals surface area (Å²) in [5.41, 5.74) is 5.36. The second-order valence-corrected chi connectivity index (χ2v) is 18.5. The maximum absolute atomic E-state index is 12.6. The molecule has 0 spiro atoms. The van der Waals surface area contributed by atoms with Crippen LogP contribution >= 0.6 is 7.82 Å². The fourth-order valence-corrected chi connectivity index (χ4v) is 8.07. The van der Waals surface area contributed by atoms with Crippen LogP contribution in [0.1, 0.15) is 251 Å². The number of phosphoric acid groups is 1. The number of phosphoric ester groups is 1. The van der Waals surface area contributed by atoms with Crippen molar-refractivity contribution < 1.29 is 37.6 Å². The van der Waals surface area contributed by atoms with Gasteiger partial charge in [-0.2, -0.15) is 0 Å². The molecule has 2 atom stereocenters. The monoisotopic (exact) mass is 870 g/mol. The number of carbonyl (C=O) groups excluding carboxylic acids is 2. The van der Waals surface area contributed by atoms with Crippen LogP contribution in [0.15, 0.2) is 24.3 Å². The van der Waals surface area contributed by atoms with Crippen molar-refractivity contribution in [3.63, 3.8) is 0 Å². The van der Waals surface area contributed by atoms with Gasteiger partial charge < -0.3 is 20.1 Å². The van der Waals surface area contributed by atoms with Crippen molar-refractivity contribution in [1.82, 2.24) is 0 Å². The fourth-order valence-electron chi connectivity index (χ4n) is 7.30. The van der Waals surface area contributed by atoms with Gasteiger partial charge in [-0.05, 0) is 44.9 Å². The lowest BCUT2D eigenvalue weighted by molar-refractivity contribution is -0.161. The zero-order valence-electron chi connectivity index (χ0n) is 39.2. The summed E-state index contributed by atoms with van der Waals surface area (Å²) < 4.78 is 32.8. The van der Waals surface area contributed by atoms with Gasteiger partial charge in [-0.1, -0.05) is 218 Å². The molecule has 0 aromatic heterocycles. The van der Waals surface area contributed by atoms with Crippen molar-refractivity contribution in [2.24, 2.45) is 5.73 Å². The average molecular weight is 870 g/mol. The summed E-state index contributed by atoms with van der Waals surface area (Å²) in [5.74, 6) is -0.865. The molecule has 0 aliphatic heterocycles. The molecule has 0 saturated carbocycles. The van der Waals surface area contributed by atoms with Gasteiger partial charge in [0.2, 0.25) is 0 Å². The number of nitrogens with two attached hydrogens (primary N) is 1. The maximum Gasteiger partial charge on any atom is 0.472 e. The van der Waals surface area contributed by atoms with Crippen LogP contribution in [-0.4, -0.2) is 49.3 Å². The summed E-state index contributed by atoms with van der Waals surface area (Å²) in [6.45, 7) is 3.74. The number of carbonyl (C=O) groups is 2. The molecule has 0 aromatic rings. The highest BCUT2D eigenvalue weighted by atomic mass is 31.2. The number of unbranched alkanes of at least 4 members (excludes halogenated alkanes) is 31. The molecule has 0 saturated heterocycles. The lowest BCUT2D eigenvalue weighted by Gasteiger charge is -2.19. The minimum absolute atomic E-state index is 0.0496. The van der Waals surface area contributed by atoms with Crippen molar-refractivity contribution in [2.75, 3.05) is 26.4 Å². The summed E-state index contributed by atoms with van der Waals surface area (Å²) in [5, 5.41) is 0. The highest BCUT2D eigenvalue weighted by Gasteiger charge is 2.26. The molecule has 9 nitrogen and oxygen atoms in total. The van der Waals surface area contributed by atoms with E-state index in [1.807, 2.05) is 0 Å². The normalized spacial score (nSPS) is 13.3. The van der Waals surface area contributed by atoms with E-state index in [9.17, 15) is 19.0 Å². The van der Waals surface area contributed by atoms with Gasteiger partial charge in [0.1, 0.15) is 6.61 Å². The molecule has 0 aliphatic carbocycles. The Hall–Kier alpha value is -1.51. The van der Waals surface area contributed by atoms with Crippen LogP contribution in [-0.2, 0) is 32.7 Å². The molecular weight excluding hydrogens is 774 g/mol. The lowest BCUT2D eigenvalue weighted by atomic mass is 10.0. The van der Waals surface area contributed by atoms with Gasteiger partial charge in [-0.25, -0.2) is 4.57 Å². The van der Waals surface area contributed by atoms with E-state index in [0.717, 1.165) is 44.9 Å². The number of rotatable bonds is 48.